The number of aromatic nitrogens is 1. The fraction of sp³-hybridized carbons (Fsp3) is 0.100. The number of Topliss-reactive ketones (excluding diaryl/α,β-unsaturated/α-hetero) is 2. The van der Waals surface area contributed by atoms with E-state index >= 15 is 0 Å². The first-order valence-electron chi connectivity index (χ1n) is 8.23. The van der Waals surface area contributed by atoms with E-state index < -0.39 is 5.92 Å². The third kappa shape index (κ3) is 3.29. The van der Waals surface area contributed by atoms with Crippen molar-refractivity contribution in [3.05, 3.63) is 70.1 Å². The lowest BCUT2D eigenvalue weighted by Crippen LogP contribution is -2.24. The fourth-order valence-corrected chi connectivity index (χ4v) is 3.79. The third-order valence-electron chi connectivity index (χ3n) is 4.37. The monoisotopic (exact) mass is 395 g/mol. The Kier molecular flexibility index (Phi) is 4.59. The molecule has 1 heterocycles. The number of fused-ring (bicyclic) bond motifs is 1. The molecule has 2 aromatic carbocycles. The van der Waals surface area contributed by atoms with Gasteiger partial charge < -0.3 is 0 Å². The van der Waals surface area contributed by atoms with Crippen molar-refractivity contribution in [3.8, 4) is 11.3 Å². The molecule has 1 aliphatic carbocycles. The SMILES string of the molecule is C/C(=N\Nc1nc(-c2ccc(Cl)cc2)cs1)C1C(=O)c2ccccc2C1=O. The molecule has 0 saturated carbocycles. The van der Waals surface area contributed by atoms with Crippen molar-refractivity contribution in [1.29, 1.82) is 0 Å². The van der Waals surface area contributed by atoms with Gasteiger partial charge >= 0.3 is 0 Å². The van der Waals surface area contributed by atoms with Crippen LogP contribution >= 0.6 is 22.9 Å². The number of carbonyl (C=O) groups excluding carboxylic acids is 2. The van der Waals surface area contributed by atoms with Crippen LogP contribution in [0.4, 0.5) is 5.13 Å². The summed E-state index contributed by atoms with van der Waals surface area (Å²) in [6.45, 7) is 1.67. The summed E-state index contributed by atoms with van der Waals surface area (Å²) in [7, 11) is 0. The van der Waals surface area contributed by atoms with E-state index in [2.05, 4.69) is 15.5 Å². The molecule has 3 aromatic rings. The highest BCUT2D eigenvalue weighted by Crippen LogP contribution is 2.29. The molecular weight excluding hydrogens is 382 g/mol. The van der Waals surface area contributed by atoms with Gasteiger partial charge in [-0.1, -0.05) is 48.0 Å². The molecule has 5 nitrogen and oxygen atoms in total. The zero-order valence-corrected chi connectivity index (χ0v) is 15.8. The lowest BCUT2D eigenvalue weighted by atomic mass is 9.99. The van der Waals surface area contributed by atoms with Crippen LogP contribution in [0.1, 0.15) is 27.6 Å². The zero-order chi connectivity index (χ0) is 19.0. The van der Waals surface area contributed by atoms with Gasteiger partial charge in [-0.15, -0.1) is 11.3 Å². The maximum absolute atomic E-state index is 12.5. The van der Waals surface area contributed by atoms with Crippen LogP contribution < -0.4 is 5.43 Å². The summed E-state index contributed by atoms with van der Waals surface area (Å²) in [6.07, 6.45) is 0. The average Bonchev–Trinajstić information content (AvgIpc) is 3.25. The van der Waals surface area contributed by atoms with Crippen LogP contribution in [-0.2, 0) is 0 Å². The van der Waals surface area contributed by atoms with Gasteiger partial charge in [0.05, 0.1) is 11.4 Å². The number of thiazole rings is 1. The number of hydrazone groups is 1. The van der Waals surface area contributed by atoms with Crippen molar-refractivity contribution >= 4 is 45.3 Å². The van der Waals surface area contributed by atoms with Gasteiger partial charge in [0.25, 0.3) is 0 Å². The summed E-state index contributed by atoms with van der Waals surface area (Å²) in [5, 5.41) is 7.38. The highest BCUT2D eigenvalue weighted by molar-refractivity contribution is 7.14. The molecule has 7 heteroatoms. The standard InChI is InChI=1S/C20H14ClN3O2S/c1-11(17-18(25)14-4-2-3-5-15(14)19(17)26)23-24-20-22-16(10-27-20)12-6-8-13(21)9-7-12/h2-10,17H,1H3,(H,22,24)/b23-11+. The van der Waals surface area contributed by atoms with Crippen molar-refractivity contribution in [2.24, 2.45) is 11.0 Å². The van der Waals surface area contributed by atoms with Crippen LogP contribution in [0.15, 0.2) is 59.0 Å². The molecule has 4 rings (SSSR count). The highest BCUT2D eigenvalue weighted by atomic mass is 35.5. The molecule has 0 aliphatic heterocycles. The van der Waals surface area contributed by atoms with Crippen LogP contribution in [0.3, 0.4) is 0 Å². The molecular formula is C20H14ClN3O2S. The molecule has 0 atom stereocenters. The maximum Gasteiger partial charge on any atom is 0.203 e. The molecule has 0 bridgehead atoms. The first-order chi connectivity index (χ1) is 13.0. The van der Waals surface area contributed by atoms with E-state index in [4.69, 9.17) is 11.6 Å². The number of carbonyl (C=O) groups is 2. The molecule has 1 aliphatic rings. The third-order valence-corrected chi connectivity index (χ3v) is 5.37. The van der Waals surface area contributed by atoms with Crippen molar-refractivity contribution in [1.82, 2.24) is 4.98 Å². The molecule has 0 fully saturated rings. The number of nitrogens with one attached hydrogen (secondary N) is 1. The molecule has 0 radical (unpaired) electrons. The predicted octanol–water partition coefficient (Wildman–Crippen LogP) is 4.95. The molecule has 0 amide bonds. The Morgan fingerprint density at radius 3 is 2.33 bits per heavy atom. The van der Waals surface area contributed by atoms with Gasteiger partial charge in [0.15, 0.2) is 11.6 Å². The predicted molar refractivity (Wildman–Crippen MR) is 108 cm³/mol. The van der Waals surface area contributed by atoms with Crippen molar-refractivity contribution in [3.63, 3.8) is 0 Å². The van der Waals surface area contributed by atoms with Gasteiger partial charge in [-0.3, -0.25) is 15.0 Å². The summed E-state index contributed by atoms with van der Waals surface area (Å²) < 4.78 is 0. The number of hydrogen-bond acceptors (Lipinski definition) is 6. The average molecular weight is 396 g/mol. The number of rotatable bonds is 4. The van der Waals surface area contributed by atoms with E-state index in [-0.39, 0.29) is 11.6 Å². The Balaban J connectivity index is 1.51. The fourth-order valence-electron chi connectivity index (χ4n) is 3.00. The van der Waals surface area contributed by atoms with E-state index in [9.17, 15) is 9.59 Å². The Morgan fingerprint density at radius 2 is 1.70 bits per heavy atom. The summed E-state index contributed by atoms with van der Waals surface area (Å²) in [5.74, 6) is -1.29. The summed E-state index contributed by atoms with van der Waals surface area (Å²) in [5.41, 5.74) is 5.94. The summed E-state index contributed by atoms with van der Waals surface area (Å²) in [4.78, 5) is 29.5. The molecule has 0 unspecified atom stereocenters. The number of hydrogen-bond donors (Lipinski definition) is 1. The van der Waals surface area contributed by atoms with Gasteiger partial charge in [0.1, 0.15) is 5.92 Å². The molecule has 1 aromatic heterocycles. The van der Waals surface area contributed by atoms with E-state index in [0.717, 1.165) is 11.3 Å². The van der Waals surface area contributed by atoms with E-state index in [1.165, 1.54) is 11.3 Å². The van der Waals surface area contributed by atoms with E-state index in [1.807, 2.05) is 17.5 Å². The van der Waals surface area contributed by atoms with Crippen molar-refractivity contribution in [2.75, 3.05) is 5.43 Å². The topological polar surface area (TPSA) is 71.4 Å². The van der Waals surface area contributed by atoms with Gasteiger partial charge in [-0.05, 0) is 19.1 Å². The second-order valence-electron chi connectivity index (χ2n) is 6.12. The quantitative estimate of drug-likeness (QED) is 0.385. The second-order valence-corrected chi connectivity index (χ2v) is 7.41. The number of anilines is 1. The van der Waals surface area contributed by atoms with Crippen molar-refractivity contribution in [2.45, 2.75) is 6.92 Å². The van der Waals surface area contributed by atoms with Crippen molar-refractivity contribution < 1.29 is 9.59 Å². The minimum Gasteiger partial charge on any atom is -0.293 e. The van der Waals surface area contributed by atoms with Gasteiger partial charge in [-0.2, -0.15) is 5.10 Å². The highest BCUT2D eigenvalue weighted by Gasteiger charge is 2.40. The lowest BCUT2D eigenvalue weighted by molar-refractivity contribution is 0.0883. The van der Waals surface area contributed by atoms with Gasteiger partial charge in [-0.25, -0.2) is 4.98 Å². The minimum atomic E-state index is -0.870. The minimum absolute atomic E-state index is 0.209. The van der Waals surface area contributed by atoms with Crippen LogP contribution in [0.25, 0.3) is 11.3 Å². The van der Waals surface area contributed by atoms with Crippen LogP contribution in [0.5, 0.6) is 0 Å². The molecule has 1 N–H and O–H groups in total. The summed E-state index contributed by atoms with van der Waals surface area (Å²) >= 11 is 7.30. The van der Waals surface area contributed by atoms with E-state index in [0.29, 0.717) is 27.0 Å². The second kappa shape index (κ2) is 7.06. The lowest BCUT2D eigenvalue weighted by Gasteiger charge is -2.06. The number of benzene rings is 2. The Labute approximate surface area is 164 Å². The molecule has 134 valence electrons. The smallest absolute Gasteiger partial charge is 0.203 e. The Morgan fingerprint density at radius 1 is 1.07 bits per heavy atom. The summed E-state index contributed by atoms with van der Waals surface area (Å²) in [6, 6.07) is 14.3. The van der Waals surface area contributed by atoms with Crippen LogP contribution in [0, 0.1) is 5.92 Å². The number of halogens is 1. The maximum atomic E-state index is 12.5. The van der Waals surface area contributed by atoms with Crippen LogP contribution in [0.2, 0.25) is 5.02 Å². The molecule has 0 saturated heterocycles. The van der Waals surface area contributed by atoms with Gasteiger partial charge in [0.2, 0.25) is 5.13 Å². The number of ketones is 2. The Bertz CT molecular complexity index is 1040. The first kappa shape index (κ1) is 17.6. The zero-order valence-electron chi connectivity index (χ0n) is 14.3. The van der Waals surface area contributed by atoms with Crippen LogP contribution in [-0.4, -0.2) is 22.3 Å². The normalized spacial score (nSPS) is 14.5. The largest absolute Gasteiger partial charge is 0.293 e. The first-order valence-corrected chi connectivity index (χ1v) is 9.49. The van der Waals surface area contributed by atoms with E-state index in [1.54, 1.807) is 43.3 Å². The Hall–Kier alpha value is -2.83. The molecule has 0 spiro atoms. The number of nitrogens with zero attached hydrogens (tertiary/aromatic N) is 2. The van der Waals surface area contributed by atoms with Gasteiger partial charge in [0, 0.05) is 27.1 Å². The molecule has 27 heavy (non-hydrogen) atoms.